The number of carboxylic acid groups (broad SMARTS) is 1. The third-order valence-corrected chi connectivity index (χ3v) is 3.72. The summed E-state index contributed by atoms with van der Waals surface area (Å²) < 4.78 is 0. The molecule has 1 rings (SSSR count). The number of carbonyl (C=O) groups is 1. The molecule has 100 valence electrons. The van der Waals surface area contributed by atoms with Crippen LogP contribution >= 0.6 is 0 Å². The van der Waals surface area contributed by atoms with Gasteiger partial charge in [0.05, 0.1) is 5.41 Å². The average Bonchev–Trinajstić information content (AvgIpc) is 2.37. The number of hydrogen-bond donors (Lipinski definition) is 2. The Morgan fingerprint density at radius 3 is 2.22 bits per heavy atom. The van der Waals surface area contributed by atoms with Gasteiger partial charge in [0, 0.05) is 13.1 Å². The standard InChI is InChI=1S/C15H23NO2/c1-4-15(5-2,14(17)18)11-16-10-13-8-6-12(3)7-9-13/h6-9,16H,4-5,10-11H2,1-3H3,(H,17,18). The quantitative estimate of drug-likeness (QED) is 0.781. The van der Waals surface area contributed by atoms with Crippen LogP contribution in [0.3, 0.4) is 0 Å². The molecule has 0 aliphatic rings. The first kappa shape index (κ1) is 14.7. The molecule has 0 saturated carbocycles. The van der Waals surface area contributed by atoms with Crippen LogP contribution in [0.2, 0.25) is 0 Å². The Kier molecular flexibility index (Phi) is 5.35. The number of aliphatic carboxylic acids is 1. The summed E-state index contributed by atoms with van der Waals surface area (Å²) in [6.07, 6.45) is 1.31. The van der Waals surface area contributed by atoms with E-state index in [2.05, 4.69) is 36.5 Å². The van der Waals surface area contributed by atoms with E-state index < -0.39 is 11.4 Å². The molecule has 0 saturated heterocycles. The molecule has 0 heterocycles. The van der Waals surface area contributed by atoms with Crippen LogP contribution in [0.25, 0.3) is 0 Å². The smallest absolute Gasteiger partial charge is 0.310 e. The van der Waals surface area contributed by atoms with Crippen molar-refractivity contribution in [1.29, 1.82) is 0 Å². The summed E-state index contributed by atoms with van der Waals surface area (Å²) in [6, 6.07) is 8.29. The maximum Gasteiger partial charge on any atom is 0.310 e. The van der Waals surface area contributed by atoms with Crippen LogP contribution in [0.15, 0.2) is 24.3 Å². The third-order valence-electron chi connectivity index (χ3n) is 3.72. The van der Waals surface area contributed by atoms with E-state index in [1.54, 1.807) is 0 Å². The summed E-state index contributed by atoms with van der Waals surface area (Å²) in [5, 5.41) is 12.6. The van der Waals surface area contributed by atoms with E-state index in [0.717, 1.165) is 6.54 Å². The van der Waals surface area contributed by atoms with Crippen molar-refractivity contribution < 1.29 is 9.90 Å². The van der Waals surface area contributed by atoms with Gasteiger partial charge in [0.15, 0.2) is 0 Å². The maximum atomic E-state index is 11.3. The molecule has 0 radical (unpaired) electrons. The largest absolute Gasteiger partial charge is 0.481 e. The van der Waals surface area contributed by atoms with Crippen molar-refractivity contribution in [3.8, 4) is 0 Å². The summed E-state index contributed by atoms with van der Waals surface area (Å²) in [5.74, 6) is -0.705. The predicted octanol–water partition coefficient (Wildman–Crippen LogP) is 2.98. The minimum atomic E-state index is -0.705. The molecular formula is C15H23NO2. The first-order valence-electron chi connectivity index (χ1n) is 6.53. The molecule has 3 heteroatoms. The fraction of sp³-hybridized carbons (Fsp3) is 0.533. The fourth-order valence-corrected chi connectivity index (χ4v) is 2.03. The Hall–Kier alpha value is -1.35. The first-order valence-corrected chi connectivity index (χ1v) is 6.53. The molecule has 1 aromatic rings. The van der Waals surface area contributed by atoms with Crippen molar-refractivity contribution >= 4 is 5.97 Å². The second-order valence-electron chi connectivity index (χ2n) is 4.88. The van der Waals surface area contributed by atoms with Gasteiger partial charge in [-0.25, -0.2) is 0 Å². The minimum absolute atomic E-state index is 0.517. The Labute approximate surface area is 109 Å². The SMILES string of the molecule is CCC(CC)(CNCc1ccc(C)cc1)C(=O)O. The lowest BCUT2D eigenvalue weighted by molar-refractivity contribution is -0.149. The van der Waals surface area contributed by atoms with Crippen molar-refractivity contribution in [3.63, 3.8) is 0 Å². The van der Waals surface area contributed by atoms with E-state index in [0.29, 0.717) is 19.4 Å². The number of rotatable bonds is 7. The Morgan fingerprint density at radius 2 is 1.78 bits per heavy atom. The number of benzene rings is 1. The van der Waals surface area contributed by atoms with Crippen molar-refractivity contribution in [2.24, 2.45) is 5.41 Å². The third kappa shape index (κ3) is 3.57. The highest BCUT2D eigenvalue weighted by atomic mass is 16.4. The van der Waals surface area contributed by atoms with Gasteiger partial charge in [-0.2, -0.15) is 0 Å². The van der Waals surface area contributed by atoms with Crippen molar-refractivity contribution in [2.75, 3.05) is 6.54 Å². The predicted molar refractivity (Wildman–Crippen MR) is 73.5 cm³/mol. The van der Waals surface area contributed by atoms with Gasteiger partial charge in [-0.05, 0) is 25.3 Å². The molecular weight excluding hydrogens is 226 g/mol. The number of nitrogens with one attached hydrogen (secondary N) is 1. The van der Waals surface area contributed by atoms with Gasteiger partial charge in [0.1, 0.15) is 0 Å². The lowest BCUT2D eigenvalue weighted by atomic mass is 9.82. The van der Waals surface area contributed by atoms with Crippen molar-refractivity contribution in [2.45, 2.75) is 40.2 Å². The zero-order valence-electron chi connectivity index (χ0n) is 11.5. The van der Waals surface area contributed by atoms with Gasteiger partial charge in [0.2, 0.25) is 0 Å². The minimum Gasteiger partial charge on any atom is -0.481 e. The first-order chi connectivity index (χ1) is 8.54. The van der Waals surface area contributed by atoms with E-state index in [-0.39, 0.29) is 0 Å². The van der Waals surface area contributed by atoms with Crippen LogP contribution in [0.5, 0.6) is 0 Å². The monoisotopic (exact) mass is 249 g/mol. The normalized spacial score (nSPS) is 11.5. The molecule has 0 aliphatic carbocycles. The summed E-state index contributed by atoms with van der Waals surface area (Å²) >= 11 is 0. The van der Waals surface area contributed by atoms with Crippen LogP contribution in [0.4, 0.5) is 0 Å². The van der Waals surface area contributed by atoms with Gasteiger partial charge < -0.3 is 10.4 Å². The molecule has 0 aliphatic heterocycles. The average molecular weight is 249 g/mol. The van der Waals surface area contributed by atoms with Gasteiger partial charge in [-0.15, -0.1) is 0 Å². The zero-order chi connectivity index (χ0) is 13.6. The van der Waals surface area contributed by atoms with Crippen LogP contribution in [0.1, 0.15) is 37.8 Å². The van der Waals surface area contributed by atoms with Crippen LogP contribution in [-0.2, 0) is 11.3 Å². The van der Waals surface area contributed by atoms with Crippen LogP contribution in [0, 0.1) is 12.3 Å². The summed E-state index contributed by atoms with van der Waals surface area (Å²) in [7, 11) is 0. The highest BCUT2D eigenvalue weighted by Crippen LogP contribution is 2.25. The Balaban J connectivity index is 2.54. The number of hydrogen-bond acceptors (Lipinski definition) is 2. The molecule has 0 fully saturated rings. The molecule has 0 amide bonds. The van der Waals surface area contributed by atoms with E-state index in [4.69, 9.17) is 0 Å². The van der Waals surface area contributed by atoms with Gasteiger partial charge in [0.25, 0.3) is 0 Å². The highest BCUT2D eigenvalue weighted by molar-refractivity contribution is 5.74. The maximum absolute atomic E-state index is 11.3. The molecule has 0 bridgehead atoms. The van der Waals surface area contributed by atoms with Gasteiger partial charge in [-0.3, -0.25) is 4.79 Å². The Morgan fingerprint density at radius 1 is 1.22 bits per heavy atom. The van der Waals surface area contributed by atoms with Crippen molar-refractivity contribution in [1.82, 2.24) is 5.32 Å². The topological polar surface area (TPSA) is 49.3 Å². The van der Waals surface area contributed by atoms with E-state index >= 15 is 0 Å². The molecule has 0 aromatic heterocycles. The molecule has 0 unspecified atom stereocenters. The summed E-state index contributed by atoms with van der Waals surface area (Å²) in [5.41, 5.74) is 1.79. The molecule has 0 spiro atoms. The Bertz CT molecular complexity index is 380. The van der Waals surface area contributed by atoms with Crippen LogP contribution in [-0.4, -0.2) is 17.6 Å². The molecule has 1 aromatic carbocycles. The van der Waals surface area contributed by atoms with Gasteiger partial charge >= 0.3 is 5.97 Å². The summed E-state index contributed by atoms with van der Waals surface area (Å²) in [6.45, 7) is 7.16. The molecule has 2 N–H and O–H groups in total. The van der Waals surface area contributed by atoms with Crippen LogP contribution < -0.4 is 5.32 Å². The van der Waals surface area contributed by atoms with Gasteiger partial charge in [-0.1, -0.05) is 43.7 Å². The van der Waals surface area contributed by atoms with E-state index in [1.165, 1.54) is 11.1 Å². The number of aryl methyl sites for hydroxylation is 1. The zero-order valence-corrected chi connectivity index (χ0v) is 11.5. The lowest BCUT2D eigenvalue weighted by Gasteiger charge is -2.27. The highest BCUT2D eigenvalue weighted by Gasteiger charge is 2.34. The number of carboxylic acids is 1. The van der Waals surface area contributed by atoms with E-state index in [9.17, 15) is 9.90 Å². The second kappa shape index (κ2) is 6.55. The van der Waals surface area contributed by atoms with Crippen molar-refractivity contribution in [3.05, 3.63) is 35.4 Å². The molecule has 0 atom stereocenters. The molecule has 3 nitrogen and oxygen atoms in total. The van der Waals surface area contributed by atoms with E-state index in [1.807, 2.05) is 13.8 Å². The lowest BCUT2D eigenvalue weighted by Crippen LogP contribution is -2.39. The summed E-state index contributed by atoms with van der Waals surface area (Å²) in [4.78, 5) is 11.3. The molecule has 18 heavy (non-hydrogen) atoms. The fourth-order valence-electron chi connectivity index (χ4n) is 2.03. The second-order valence-corrected chi connectivity index (χ2v) is 4.88.